The van der Waals surface area contributed by atoms with Crippen LogP contribution in [0.4, 0.5) is 0 Å². The highest BCUT2D eigenvalue weighted by atomic mass is 16.6. The lowest BCUT2D eigenvalue weighted by Gasteiger charge is -2.12. The van der Waals surface area contributed by atoms with Gasteiger partial charge in [0, 0.05) is 18.8 Å². The molecule has 0 saturated carbocycles. The van der Waals surface area contributed by atoms with Crippen molar-refractivity contribution in [1.82, 2.24) is 0 Å². The summed E-state index contributed by atoms with van der Waals surface area (Å²) >= 11 is 0. The monoisotopic (exact) mass is 502 g/mol. The van der Waals surface area contributed by atoms with Crippen LogP contribution in [0.5, 0.6) is 0 Å². The molecule has 0 aromatic carbocycles. The van der Waals surface area contributed by atoms with Crippen LogP contribution in [0, 0.1) is 0 Å². The highest BCUT2D eigenvalue weighted by molar-refractivity contribution is 5.95. The molecule has 202 valence electrons. The molecule has 0 atom stereocenters. The number of unbranched alkanes of at least 4 members (excludes halogenated alkanes) is 6. The summed E-state index contributed by atoms with van der Waals surface area (Å²) in [5, 5.41) is 18.5. The predicted molar refractivity (Wildman–Crippen MR) is 128 cm³/mol. The van der Waals surface area contributed by atoms with Gasteiger partial charge in [-0.2, -0.15) is 0 Å². The highest BCUT2D eigenvalue weighted by Gasteiger charge is 2.23. The van der Waals surface area contributed by atoms with Crippen molar-refractivity contribution < 1.29 is 48.3 Å². The number of carboxylic acids is 2. The third-order valence-corrected chi connectivity index (χ3v) is 4.99. The molecule has 0 amide bonds. The smallest absolute Gasteiger partial charge is 0.332 e. The molecule has 0 spiro atoms. The number of carbonyl (C=O) groups is 4. The van der Waals surface area contributed by atoms with E-state index in [0.717, 1.165) is 51.4 Å². The van der Waals surface area contributed by atoms with Crippen molar-refractivity contribution in [3.63, 3.8) is 0 Å². The van der Waals surface area contributed by atoms with Crippen molar-refractivity contribution >= 4 is 23.9 Å². The zero-order chi connectivity index (χ0) is 26.3. The van der Waals surface area contributed by atoms with Crippen molar-refractivity contribution in [2.24, 2.45) is 0 Å². The summed E-state index contributed by atoms with van der Waals surface area (Å²) in [7, 11) is 0. The molecule has 0 aromatic heterocycles. The third kappa shape index (κ3) is 19.5. The van der Waals surface area contributed by atoms with Crippen molar-refractivity contribution in [3.8, 4) is 0 Å². The summed E-state index contributed by atoms with van der Waals surface area (Å²) in [6.07, 6.45) is 6.54. The Morgan fingerprint density at radius 3 is 1.40 bits per heavy atom. The Hall–Kier alpha value is -2.46. The summed E-state index contributed by atoms with van der Waals surface area (Å²) in [6, 6.07) is 0. The molecular weight excluding hydrogens is 460 g/mol. The number of carbonyl (C=O) groups excluding carboxylic acids is 2. The maximum Gasteiger partial charge on any atom is 0.332 e. The molecule has 0 aromatic rings. The van der Waals surface area contributed by atoms with Gasteiger partial charge in [0.25, 0.3) is 0 Å². The molecule has 0 heterocycles. The van der Waals surface area contributed by atoms with Crippen LogP contribution < -0.4 is 0 Å². The Morgan fingerprint density at radius 2 is 1.03 bits per heavy atom. The molecular formula is C25H42O10. The van der Waals surface area contributed by atoms with Gasteiger partial charge in [-0.3, -0.25) is 14.4 Å². The number of hydrogen-bond donors (Lipinski definition) is 2. The average Bonchev–Trinajstić information content (AvgIpc) is 2.80. The molecule has 0 aliphatic heterocycles. The van der Waals surface area contributed by atoms with Gasteiger partial charge >= 0.3 is 23.9 Å². The Kier molecular flexibility index (Phi) is 20.5. The number of aliphatic carboxylic acids is 2. The lowest BCUT2D eigenvalue weighted by atomic mass is 9.99. The molecule has 0 bridgehead atoms. The van der Waals surface area contributed by atoms with Crippen LogP contribution in [0.2, 0.25) is 0 Å². The lowest BCUT2D eigenvalue weighted by Crippen LogP contribution is -2.18. The van der Waals surface area contributed by atoms with Crippen LogP contribution in [0.15, 0.2) is 11.1 Å². The summed E-state index contributed by atoms with van der Waals surface area (Å²) in [4.78, 5) is 47.1. The highest BCUT2D eigenvalue weighted by Crippen LogP contribution is 2.19. The standard InChI is InChI=1S/C25H42O10/c1-3-5-7-9-11-32-13-15-34-23(28)17-20(21(25(30)31)19-22(26)27)18-24(29)35-16-14-33-12-10-8-6-4-2/h3-19H2,1-2H3,(H,26,27)(H,30,31). The molecule has 35 heavy (non-hydrogen) atoms. The van der Waals surface area contributed by atoms with Gasteiger partial charge in [0.2, 0.25) is 0 Å². The van der Waals surface area contributed by atoms with Crippen LogP contribution in [-0.2, 0) is 38.1 Å². The molecule has 0 radical (unpaired) electrons. The topological polar surface area (TPSA) is 146 Å². The van der Waals surface area contributed by atoms with E-state index in [-0.39, 0.29) is 32.0 Å². The maximum absolute atomic E-state index is 12.2. The Morgan fingerprint density at radius 1 is 0.571 bits per heavy atom. The second-order valence-electron chi connectivity index (χ2n) is 8.10. The SMILES string of the molecule is CCCCCCOCCOC(=O)CC(CC(=O)OCCOCCCCCC)=C(CC(=O)O)C(=O)O. The maximum atomic E-state index is 12.2. The van der Waals surface area contributed by atoms with E-state index in [4.69, 9.17) is 24.1 Å². The van der Waals surface area contributed by atoms with Gasteiger partial charge in [0.05, 0.1) is 32.5 Å². The fourth-order valence-corrected chi connectivity index (χ4v) is 3.12. The van der Waals surface area contributed by atoms with E-state index in [1.165, 1.54) is 0 Å². The van der Waals surface area contributed by atoms with Gasteiger partial charge in [-0.1, -0.05) is 52.4 Å². The molecule has 0 aliphatic rings. The molecule has 10 heteroatoms. The first-order chi connectivity index (χ1) is 16.8. The van der Waals surface area contributed by atoms with Crippen LogP contribution in [0.25, 0.3) is 0 Å². The summed E-state index contributed by atoms with van der Waals surface area (Å²) < 4.78 is 20.9. The van der Waals surface area contributed by atoms with E-state index in [9.17, 15) is 24.3 Å². The minimum atomic E-state index is -1.52. The van der Waals surface area contributed by atoms with E-state index in [2.05, 4.69) is 13.8 Å². The lowest BCUT2D eigenvalue weighted by molar-refractivity contribution is -0.145. The summed E-state index contributed by atoms with van der Waals surface area (Å²) in [5.41, 5.74) is -0.693. The normalized spacial score (nSPS) is 10.6. The number of carboxylic acid groups (broad SMARTS) is 2. The largest absolute Gasteiger partial charge is 0.481 e. The van der Waals surface area contributed by atoms with E-state index in [1.54, 1.807) is 0 Å². The van der Waals surface area contributed by atoms with E-state index in [1.807, 2.05) is 0 Å². The van der Waals surface area contributed by atoms with E-state index in [0.29, 0.717) is 13.2 Å². The van der Waals surface area contributed by atoms with Gasteiger partial charge in [-0.05, 0) is 18.4 Å². The van der Waals surface area contributed by atoms with Crippen molar-refractivity contribution in [3.05, 3.63) is 11.1 Å². The zero-order valence-electron chi connectivity index (χ0n) is 21.2. The number of ether oxygens (including phenoxy) is 4. The van der Waals surface area contributed by atoms with Crippen LogP contribution in [0.1, 0.15) is 84.5 Å². The Labute approximate surface area is 207 Å². The summed E-state index contributed by atoms with van der Waals surface area (Å²) in [6.45, 7) is 5.66. The molecule has 0 saturated heterocycles. The van der Waals surface area contributed by atoms with Crippen LogP contribution in [0.3, 0.4) is 0 Å². The molecule has 2 N–H and O–H groups in total. The van der Waals surface area contributed by atoms with Crippen molar-refractivity contribution in [1.29, 1.82) is 0 Å². The van der Waals surface area contributed by atoms with Crippen molar-refractivity contribution in [2.45, 2.75) is 84.5 Å². The van der Waals surface area contributed by atoms with Crippen molar-refractivity contribution in [2.75, 3.05) is 39.6 Å². The number of hydrogen-bond acceptors (Lipinski definition) is 8. The second kappa shape index (κ2) is 22.0. The van der Waals surface area contributed by atoms with E-state index >= 15 is 0 Å². The van der Waals surface area contributed by atoms with Gasteiger partial charge in [-0.25, -0.2) is 4.79 Å². The number of esters is 2. The van der Waals surface area contributed by atoms with Gasteiger partial charge < -0.3 is 29.2 Å². The summed E-state index contributed by atoms with van der Waals surface area (Å²) in [5.74, 6) is -4.47. The third-order valence-electron chi connectivity index (χ3n) is 4.99. The molecule has 0 aliphatic carbocycles. The average molecular weight is 503 g/mol. The quantitative estimate of drug-likeness (QED) is 0.120. The fourth-order valence-electron chi connectivity index (χ4n) is 3.12. The molecule has 0 fully saturated rings. The Balaban J connectivity index is 4.67. The first-order valence-electron chi connectivity index (χ1n) is 12.4. The van der Waals surface area contributed by atoms with E-state index < -0.39 is 48.7 Å². The molecule has 10 nitrogen and oxygen atoms in total. The second-order valence-corrected chi connectivity index (χ2v) is 8.10. The van der Waals surface area contributed by atoms with Gasteiger partial charge in [-0.15, -0.1) is 0 Å². The minimum Gasteiger partial charge on any atom is -0.481 e. The number of rotatable bonds is 23. The van der Waals surface area contributed by atoms with Crippen LogP contribution >= 0.6 is 0 Å². The Bertz CT molecular complexity index is 621. The molecule has 0 rings (SSSR count). The minimum absolute atomic E-state index is 0.0265. The van der Waals surface area contributed by atoms with Gasteiger partial charge in [0.15, 0.2) is 0 Å². The first-order valence-corrected chi connectivity index (χ1v) is 12.4. The predicted octanol–water partition coefficient (Wildman–Crippen LogP) is 3.90. The zero-order valence-corrected chi connectivity index (χ0v) is 21.2. The first kappa shape index (κ1) is 32.5. The van der Waals surface area contributed by atoms with Gasteiger partial charge in [0.1, 0.15) is 13.2 Å². The van der Waals surface area contributed by atoms with Crippen LogP contribution in [-0.4, -0.2) is 73.7 Å². The molecule has 0 unspecified atom stereocenters. The fraction of sp³-hybridized carbons (Fsp3) is 0.760.